The van der Waals surface area contributed by atoms with Crippen molar-refractivity contribution < 1.29 is 9.53 Å². The topological polar surface area (TPSA) is 49.1 Å². The number of ketones is 1. The Kier molecular flexibility index (Phi) is 3.71. The number of methoxy groups -OCH3 is 1. The Labute approximate surface area is 129 Å². The number of ether oxygens (including phenoxy) is 1. The molecule has 114 valence electrons. The Morgan fingerprint density at radius 1 is 1.36 bits per heavy atom. The maximum Gasteiger partial charge on any atom is 0.166 e. The van der Waals surface area contributed by atoms with E-state index in [0.29, 0.717) is 13.0 Å². The van der Waals surface area contributed by atoms with Crippen molar-refractivity contribution in [1.82, 2.24) is 14.1 Å². The second kappa shape index (κ2) is 5.67. The van der Waals surface area contributed by atoms with Gasteiger partial charge < -0.3 is 13.9 Å². The van der Waals surface area contributed by atoms with E-state index in [1.54, 1.807) is 13.3 Å². The van der Waals surface area contributed by atoms with E-state index in [4.69, 9.17) is 4.74 Å². The molecule has 0 radical (unpaired) electrons. The molecule has 3 aromatic rings. The minimum Gasteiger partial charge on any atom is -0.497 e. The average molecular weight is 297 g/mol. The van der Waals surface area contributed by atoms with Crippen LogP contribution in [0.25, 0.3) is 10.9 Å². The lowest BCUT2D eigenvalue weighted by atomic mass is 10.1. The largest absolute Gasteiger partial charge is 0.497 e. The molecule has 0 atom stereocenters. The van der Waals surface area contributed by atoms with Gasteiger partial charge in [-0.05, 0) is 25.1 Å². The second-order valence-electron chi connectivity index (χ2n) is 5.38. The van der Waals surface area contributed by atoms with E-state index in [1.165, 1.54) is 0 Å². The molecule has 0 spiro atoms. The van der Waals surface area contributed by atoms with Gasteiger partial charge in [-0.25, -0.2) is 4.98 Å². The molecule has 3 rings (SSSR count). The Bertz CT molecular complexity index is 830. The molecule has 0 aliphatic heterocycles. The average Bonchev–Trinajstić information content (AvgIpc) is 3.08. The first-order chi connectivity index (χ1) is 10.6. The van der Waals surface area contributed by atoms with E-state index in [0.717, 1.165) is 28.0 Å². The normalized spacial score (nSPS) is 11.0. The van der Waals surface area contributed by atoms with Crippen LogP contribution in [0.15, 0.2) is 36.8 Å². The third kappa shape index (κ3) is 2.50. The molecule has 0 saturated heterocycles. The molecule has 2 heterocycles. The summed E-state index contributed by atoms with van der Waals surface area (Å²) >= 11 is 0. The molecule has 5 nitrogen and oxygen atoms in total. The van der Waals surface area contributed by atoms with Crippen LogP contribution in [0.4, 0.5) is 0 Å². The van der Waals surface area contributed by atoms with Crippen molar-refractivity contribution in [3.63, 3.8) is 0 Å². The van der Waals surface area contributed by atoms with Crippen LogP contribution >= 0.6 is 0 Å². The van der Waals surface area contributed by atoms with Crippen LogP contribution in [0.5, 0.6) is 5.75 Å². The number of hydrogen-bond donors (Lipinski definition) is 0. The zero-order valence-corrected chi connectivity index (χ0v) is 13.0. The number of carbonyl (C=O) groups excluding carboxylic acids is 1. The lowest BCUT2D eigenvalue weighted by Gasteiger charge is -2.04. The lowest BCUT2D eigenvalue weighted by molar-refractivity contribution is 0.0978. The maximum atomic E-state index is 12.6. The van der Waals surface area contributed by atoms with Crippen LogP contribution in [0.3, 0.4) is 0 Å². The number of hydrogen-bond acceptors (Lipinski definition) is 3. The molecule has 5 heteroatoms. The third-order valence-electron chi connectivity index (χ3n) is 4.00. The highest BCUT2D eigenvalue weighted by Crippen LogP contribution is 2.26. The molecule has 0 aliphatic carbocycles. The molecular formula is C17H19N3O2. The predicted molar refractivity (Wildman–Crippen MR) is 85.4 cm³/mol. The molecule has 0 saturated carbocycles. The highest BCUT2D eigenvalue weighted by Gasteiger charge is 2.15. The number of Topliss-reactive ketones (excluding diaryl/α,β-unsaturated/α-hetero) is 1. The number of aryl methyl sites for hydroxylation is 3. The van der Waals surface area contributed by atoms with Crippen molar-refractivity contribution in [2.75, 3.05) is 7.11 Å². The molecule has 0 aliphatic rings. The molecule has 0 bridgehead atoms. The summed E-state index contributed by atoms with van der Waals surface area (Å²) in [7, 11) is 3.58. The molecule has 2 aromatic heterocycles. The van der Waals surface area contributed by atoms with Crippen LogP contribution in [0.2, 0.25) is 0 Å². The summed E-state index contributed by atoms with van der Waals surface area (Å²) in [5.41, 5.74) is 1.78. The molecule has 22 heavy (non-hydrogen) atoms. The fourth-order valence-electron chi connectivity index (χ4n) is 2.72. The number of fused-ring (bicyclic) bond motifs is 1. The zero-order chi connectivity index (χ0) is 15.7. The fourth-order valence-corrected chi connectivity index (χ4v) is 2.72. The van der Waals surface area contributed by atoms with Gasteiger partial charge in [0.1, 0.15) is 11.6 Å². The summed E-state index contributed by atoms with van der Waals surface area (Å²) < 4.78 is 9.23. The van der Waals surface area contributed by atoms with Gasteiger partial charge >= 0.3 is 0 Å². The summed E-state index contributed by atoms with van der Waals surface area (Å²) in [6.07, 6.45) is 6.00. The predicted octanol–water partition coefficient (Wildman–Crippen LogP) is 2.96. The van der Waals surface area contributed by atoms with Crippen molar-refractivity contribution in [2.24, 2.45) is 7.05 Å². The standard InChI is InChI=1S/C17H19N3O2/c1-12-18-7-9-20(12)8-6-17(21)15-11-19(2)16-5-4-13(22-3)10-14(15)16/h4-5,7,9-11H,6,8H2,1-3H3. The molecule has 1 aromatic carbocycles. The van der Waals surface area contributed by atoms with Crippen LogP contribution in [-0.4, -0.2) is 27.0 Å². The number of carbonyl (C=O) groups is 1. The lowest BCUT2D eigenvalue weighted by Crippen LogP contribution is -2.06. The van der Waals surface area contributed by atoms with Gasteiger partial charge in [-0.3, -0.25) is 4.79 Å². The van der Waals surface area contributed by atoms with Crippen molar-refractivity contribution in [3.05, 3.63) is 48.2 Å². The summed E-state index contributed by atoms with van der Waals surface area (Å²) in [6.45, 7) is 2.58. The Morgan fingerprint density at radius 3 is 2.86 bits per heavy atom. The first-order valence-corrected chi connectivity index (χ1v) is 7.24. The molecule has 0 fully saturated rings. The molecule has 0 unspecified atom stereocenters. The molecule has 0 amide bonds. The van der Waals surface area contributed by atoms with Crippen molar-refractivity contribution in [3.8, 4) is 5.75 Å². The summed E-state index contributed by atoms with van der Waals surface area (Å²) in [4.78, 5) is 16.8. The molecular weight excluding hydrogens is 278 g/mol. The monoisotopic (exact) mass is 297 g/mol. The van der Waals surface area contributed by atoms with E-state index in [-0.39, 0.29) is 5.78 Å². The molecule has 0 N–H and O–H groups in total. The van der Waals surface area contributed by atoms with E-state index in [1.807, 2.05) is 53.7 Å². The Morgan fingerprint density at radius 2 is 2.18 bits per heavy atom. The van der Waals surface area contributed by atoms with Crippen LogP contribution in [0, 0.1) is 6.92 Å². The van der Waals surface area contributed by atoms with Crippen LogP contribution < -0.4 is 4.74 Å². The van der Waals surface area contributed by atoms with Gasteiger partial charge in [0.25, 0.3) is 0 Å². The summed E-state index contributed by atoms with van der Waals surface area (Å²) in [5.74, 6) is 1.82. The van der Waals surface area contributed by atoms with Gasteiger partial charge in [0.2, 0.25) is 0 Å². The number of imidazole rings is 1. The quantitative estimate of drug-likeness (QED) is 0.680. The van der Waals surface area contributed by atoms with Gasteiger partial charge in [-0.15, -0.1) is 0 Å². The van der Waals surface area contributed by atoms with Gasteiger partial charge in [0.05, 0.1) is 7.11 Å². The highest BCUT2D eigenvalue weighted by molar-refractivity contribution is 6.08. The van der Waals surface area contributed by atoms with E-state index < -0.39 is 0 Å². The van der Waals surface area contributed by atoms with Crippen molar-refractivity contribution in [1.29, 1.82) is 0 Å². The smallest absolute Gasteiger partial charge is 0.166 e. The number of benzene rings is 1. The maximum absolute atomic E-state index is 12.6. The van der Waals surface area contributed by atoms with Gasteiger partial charge in [-0.1, -0.05) is 0 Å². The SMILES string of the molecule is COc1ccc2c(c1)c(C(=O)CCn1ccnc1C)cn2C. The fraction of sp³-hybridized carbons (Fsp3) is 0.294. The Balaban J connectivity index is 1.88. The Hall–Kier alpha value is -2.56. The van der Waals surface area contributed by atoms with E-state index >= 15 is 0 Å². The van der Waals surface area contributed by atoms with Crippen LogP contribution in [0.1, 0.15) is 22.6 Å². The van der Waals surface area contributed by atoms with Gasteiger partial charge in [0.15, 0.2) is 5.78 Å². The van der Waals surface area contributed by atoms with Crippen LogP contribution in [-0.2, 0) is 13.6 Å². The van der Waals surface area contributed by atoms with E-state index in [9.17, 15) is 4.79 Å². The number of aromatic nitrogens is 3. The minimum atomic E-state index is 0.131. The minimum absolute atomic E-state index is 0.131. The summed E-state index contributed by atoms with van der Waals surface area (Å²) in [5, 5.41) is 0.939. The van der Waals surface area contributed by atoms with Gasteiger partial charge in [0, 0.05) is 55.1 Å². The highest BCUT2D eigenvalue weighted by atomic mass is 16.5. The van der Waals surface area contributed by atoms with Gasteiger partial charge in [-0.2, -0.15) is 0 Å². The first kappa shape index (κ1) is 14.4. The van der Waals surface area contributed by atoms with Crippen molar-refractivity contribution in [2.45, 2.75) is 19.9 Å². The number of rotatable bonds is 5. The summed E-state index contributed by atoms with van der Waals surface area (Å²) in [6, 6.07) is 5.81. The number of nitrogens with zero attached hydrogens (tertiary/aromatic N) is 3. The van der Waals surface area contributed by atoms with E-state index in [2.05, 4.69) is 4.98 Å². The second-order valence-corrected chi connectivity index (χ2v) is 5.38. The first-order valence-electron chi connectivity index (χ1n) is 7.24. The van der Waals surface area contributed by atoms with Crippen molar-refractivity contribution >= 4 is 16.7 Å². The third-order valence-corrected chi connectivity index (χ3v) is 4.00. The zero-order valence-electron chi connectivity index (χ0n) is 13.0.